The number of carbonyl (C=O) groups excluding carboxylic acids is 1. The highest BCUT2D eigenvalue weighted by Crippen LogP contribution is 2.23. The molecule has 1 rings (SSSR count). The molecule has 0 fully saturated rings. The molecule has 0 aliphatic heterocycles. The van der Waals surface area contributed by atoms with Crippen molar-refractivity contribution in [1.29, 1.82) is 0 Å². The van der Waals surface area contributed by atoms with E-state index in [9.17, 15) is 18.0 Å². The normalized spacial score (nSPS) is 13.1. The number of hydrogen-bond acceptors (Lipinski definition) is 3. The maximum Gasteiger partial charge on any atom is 0.401 e. The van der Waals surface area contributed by atoms with Gasteiger partial charge >= 0.3 is 12.1 Å². The molecule has 0 heterocycles. The van der Waals surface area contributed by atoms with E-state index in [0.717, 1.165) is 5.56 Å². The van der Waals surface area contributed by atoms with Crippen LogP contribution < -0.4 is 5.32 Å². The number of esters is 1. The molecule has 112 valence electrons. The van der Waals surface area contributed by atoms with Crippen LogP contribution in [0.15, 0.2) is 18.2 Å². The summed E-state index contributed by atoms with van der Waals surface area (Å²) in [5.74, 6) is -0.767. The molecule has 1 N–H and O–H groups in total. The smallest absolute Gasteiger partial charge is 0.401 e. The van der Waals surface area contributed by atoms with E-state index in [0.29, 0.717) is 10.6 Å². The van der Waals surface area contributed by atoms with Crippen LogP contribution in [0.2, 0.25) is 5.02 Å². The van der Waals surface area contributed by atoms with E-state index in [1.165, 1.54) is 6.07 Å². The standard InChI is InChI=1S/C13H15ClF3NO2/c1-3-20-12(19)11(18-7-13(15,16)17)9-5-4-8(2)10(14)6-9/h4-6,11,18H,3,7H2,1-2H3. The number of benzene rings is 1. The number of rotatable bonds is 5. The molecule has 7 heteroatoms. The Morgan fingerprint density at radius 2 is 2.10 bits per heavy atom. The molecule has 1 unspecified atom stereocenters. The van der Waals surface area contributed by atoms with Gasteiger partial charge in [-0.15, -0.1) is 0 Å². The first-order valence-electron chi connectivity index (χ1n) is 5.97. The Balaban J connectivity index is 2.96. The zero-order valence-corrected chi connectivity index (χ0v) is 11.8. The molecular formula is C13H15ClF3NO2. The zero-order chi connectivity index (χ0) is 15.3. The van der Waals surface area contributed by atoms with Gasteiger partial charge in [-0.3, -0.25) is 5.32 Å². The van der Waals surface area contributed by atoms with Crippen molar-refractivity contribution in [2.24, 2.45) is 0 Å². The molecule has 0 radical (unpaired) electrons. The number of nitrogens with one attached hydrogen (secondary N) is 1. The molecule has 0 saturated heterocycles. The lowest BCUT2D eigenvalue weighted by atomic mass is 10.1. The van der Waals surface area contributed by atoms with Gasteiger partial charge in [0.15, 0.2) is 0 Å². The second kappa shape index (κ2) is 6.95. The van der Waals surface area contributed by atoms with E-state index >= 15 is 0 Å². The third-order valence-corrected chi connectivity index (χ3v) is 2.97. The summed E-state index contributed by atoms with van der Waals surface area (Å²) in [5, 5.41) is 2.53. The maximum atomic E-state index is 12.3. The number of hydrogen-bond donors (Lipinski definition) is 1. The summed E-state index contributed by atoms with van der Waals surface area (Å²) in [6.07, 6.45) is -4.42. The van der Waals surface area contributed by atoms with Gasteiger partial charge in [-0.25, -0.2) is 4.79 Å². The summed E-state index contributed by atoms with van der Waals surface area (Å²) in [5.41, 5.74) is 1.11. The summed E-state index contributed by atoms with van der Waals surface area (Å²) < 4.78 is 41.6. The second-order valence-electron chi connectivity index (χ2n) is 4.19. The molecule has 0 saturated carbocycles. The van der Waals surface area contributed by atoms with Crippen molar-refractivity contribution in [2.75, 3.05) is 13.2 Å². The Bertz CT molecular complexity index is 477. The van der Waals surface area contributed by atoms with Crippen molar-refractivity contribution in [2.45, 2.75) is 26.1 Å². The average Bonchev–Trinajstić information content (AvgIpc) is 2.32. The molecule has 0 aliphatic carbocycles. The third-order valence-electron chi connectivity index (χ3n) is 2.56. The van der Waals surface area contributed by atoms with Crippen LogP contribution in [0.25, 0.3) is 0 Å². The minimum absolute atomic E-state index is 0.0859. The molecule has 3 nitrogen and oxygen atoms in total. The van der Waals surface area contributed by atoms with E-state index in [-0.39, 0.29) is 6.61 Å². The Morgan fingerprint density at radius 3 is 2.60 bits per heavy atom. The van der Waals surface area contributed by atoms with Crippen LogP contribution in [0, 0.1) is 6.92 Å². The first kappa shape index (κ1) is 16.8. The Labute approximate surface area is 120 Å². The van der Waals surface area contributed by atoms with Crippen LogP contribution in [-0.4, -0.2) is 25.3 Å². The van der Waals surface area contributed by atoms with Crippen molar-refractivity contribution >= 4 is 17.6 Å². The van der Waals surface area contributed by atoms with Gasteiger partial charge in [-0.2, -0.15) is 13.2 Å². The highest BCUT2D eigenvalue weighted by atomic mass is 35.5. The topological polar surface area (TPSA) is 38.3 Å². The molecule has 1 aromatic carbocycles. The number of ether oxygens (including phenoxy) is 1. The van der Waals surface area contributed by atoms with Crippen molar-refractivity contribution in [1.82, 2.24) is 5.32 Å². The fourth-order valence-electron chi connectivity index (χ4n) is 1.57. The fraction of sp³-hybridized carbons (Fsp3) is 0.462. The quantitative estimate of drug-likeness (QED) is 0.847. The van der Waals surface area contributed by atoms with Gasteiger partial charge in [0.05, 0.1) is 13.2 Å². The van der Waals surface area contributed by atoms with Crippen LogP contribution in [-0.2, 0) is 9.53 Å². The van der Waals surface area contributed by atoms with Crippen LogP contribution in [0.1, 0.15) is 24.1 Å². The molecule has 1 atom stereocenters. The van der Waals surface area contributed by atoms with Crippen molar-refractivity contribution in [3.63, 3.8) is 0 Å². The van der Waals surface area contributed by atoms with Crippen LogP contribution in [0.3, 0.4) is 0 Å². The van der Waals surface area contributed by atoms with E-state index in [1.54, 1.807) is 26.0 Å². The SMILES string of the molecule is CCOC(=O)C(NCC(F)(F)F)c1ccc(C)c(Cl)c1. The third kappa shape index (κ3) is 5.02. The van der Waals surface area contributed by atoms with Crippen molar-refractivity contribution in [3.05, 3.63) is 34.3 Å². The van der Waals surface area contributed by atoms with E-state index < -0.39 is 24.7 Å². The molecule has 0 bridgehead atoms. The molecule has 0 spiro atoms. The van der Waals surface area contributed by atoms with E-state index in [1.807, 2.05) is 0 Å². The van der Waals surface area contributed by atoms with E-state index in [2.05, 4.69) is 5.32 Å². The molecule has 20 heavy (non-hydrogen) atoms. The summed E-state index contributed by atoms with van der Waals surface area (Å²) in [4.78, 5) is 11.8. The van der Waals surface area contributed by atoms with Crippen LogP contribution in [0.4, 0.5) is 13.2 Å². The first-order valence-corrected chi connectivity index (χ1v) is 6.35. The van der Waals surface area contributed by atoms with Gasteiger partial charge in [0, 0.05) is 5.02 Å². The van der Waals surface area contributed by atoms with Crippen LogP contribution >= 0.6 is 11.6 Å². The van der Waals surface area contributed by atoms with Gasteiger partial charge in [0.1, 0.15) is 6.04 Å². The maximum absolute atomic E-state index is 12.3. The highest BCUT2D eigenvalue weighted by Gasteiger charge is 2.31. The molecule has 1 aromatic rings. The van der Waals surface area contributed by atoms with Gasteiger partial charge in [-0.05, 0) is 31.0 Å². The molecular weight excluding hydrogens is 295 g/mol. The fourth-order valence-corrected chi connectivity index (χ4v) is 1.76. The Morgan fingerprint density at radius 1 is 1.45 bits per heavy atom. The Hall–Kier alpha value is -1.27. The molecule has 0 aromatic heterocycles. The van der Waals surface area contributed by atoms with Crippen molar-refractivity contribution < 1.29 is 22.7 Å². The van der Waals surface area contributed by atoms with Gasteiger partial charge < -0.3 is 4.74 Å². The Kier molecular flexibility index (Phi) is 5.83. The largest absolute Gasteiger partial charge is 0.465 e. The first-order chi connectivity index (χ1) is 9.24. The monoisotopic (exact) mass is 309 g/mol. The lowest BCUT2D eigenvalue weighted by molar-refractivity contribution is -0.149. The molecule has 0 aliphatic rings. The average molecular weight is 310 g/mol. The van der Waals surface area contributed by atoms with Crippen molar-refractivity contribution in [3.8, 4) is 0 Å². The van der Waals surface area contributed by atoms with Gasteiger partial charge in [0.25, 0.3) is 0 Å². The minimum Gasteiger partial charge on any atom is -0.465 e. The minimum atomic E-state index is -4.42. The number of alkyl halides is 3. The van der Waals surface area contributed by atoms with E-state index in [4.69, 9.17) is 16.3 Å². The number of aryl methyl sites for hydroxylation is 1. The second-order valence-corrected chi connectivity index (χ2v) is 4.60. The summed E-state index contributed by atoms with van der Waals surface area (Å²) in [6, 6.07) is 3.45. The number of carbonyl (C=O) groups is 1. The summed E-state index contributed by atoms with van der Waals surface area (Å²) >= 11 is 5.93. The van der Waals surface area contributed by atoms with Gasteiger partial charge in [0.2, 0.25) is 0 Å². The lowest BCUT2D eigenvalue weighted by Gasteiger charge is -2.19. The van der Waals surface area contributed by atoms with Gasteiger partial charge in [-0.1, -0.05) is 23.7 Å². The van der Waals surface area contributed by atoms with Crippen LogP contribution in [0.5, 0.6) is 0 Å². The highest BCUT2D eigenvalue weighted by molar-refractivity contribution is 6.31. The molecule has 0 amide bonds. The lowest BCUT2D eigenvalue weighted by Crippen LogP contribution is -2.37. The predicted octanol–water partition coefficient (Wildman–Crippen LogP) is 3.40. The predicted molar refractivity (Wildman–Crippen MR) is 69.6 cm³/mol. The number of halogens is 4. The summed E-state index contributed by atoms with van der Waals surface area (Å²) in [7, 11) is 0. The summed E-state index contributed by atoms with van der Waals surface area (Å²) in [6.45, 7) is 2.14. The zero-order valence-electron chi connectivity index (χ0n) is 11.1.